The maximum atomic E-state index is 12.9. The number of benzene rings is 1. The zero-order valence-corrected chi connectivity index (χ0v) is 9.97. The van der Waals surface area contributed by atoms with Crippen molar-refractivity contribution in [2.75, 3.05) is 11.9 Å². The Hall–Kier alpha value is -1.13. The molecule has 1 fully saturated rings. The minimum absolute atomic E-state index is 0.00707. The van der Waals surface area contributed by atoms with Crippen molar-refractivity contribution in [2.45, 2.75) is 25.4 Å². The number of anilines is 1. The van der Waals surface area contributed by atoms with E-state index < -0.39 is 11.9 Å². The molecule has 2 rings (SSSR count). The van der Waals surface area contributed by atoms with Gasteiger partial charge in [-0.3, -0.25) is 4.79 Å². The van der Waals surface area contributed by atoms with Crippen LogP contribution >= 0.6 is 11.6 Å². The van der Waals surface area contributed by atoms with Gasteiger partial charge in [-0.2, -0.15) is 0 Å². The van der Waals surface area contributed by atoms with Gasteiger partial charge in [0.05, 0.1) is 5.02 Å². The number of hydrogen-bond donors (Lipinski definition) is 1. The molecule has 0 aromatic heterocycles. The molecular formula is C12H13ClFNO2. The van der Waals surface area contributed by atoms with E-state index in [1.165, 1.54) is 18.2 Å². The first-order chi connectivity index (χ1) is 8.16. The van der Waals surface area contributed by atoms with E-state index in [0.717, 1.165) is 19.3 Å². The molecule has 92 valence electrons. The highest BCUT2D eigenvalue weighted by molar-refractivity contribution is 6.31. The number of ether oxygens (including phenoxy) is 1. The minimum Gasteiger partial charge on any atom is -0.368 e. The van der Waals surface area contributed by atoms with E-state index in [1.54, 1.807) is 0 Å². The summed E-state index contributed by atoms with van der Waals surface area (Å²) in [7, 11) is 0. The van der Waals surface area contributed by atoms with Crippen LogP contribution in [0.2, 0.25) is 5.02 Å². The molecule has 1 saturated heterocycles. The molecule has 1 aliphatic heterocycles. The number of carbonyl (C=O) groups excluding carboxylic acids is 1. The quantitative estimate of drug-likeness (QED) is 0.885. The zero-order valence-electron chi connectivity index (χ0n) is 9.21. The van der Waals surface area contributed by atoms with Crippen molar-refractivity contribution in [3.63, 3.8) is 0 Å². The first-order valence-corrected chi connectivity index (χ1v) is 5.92. The van der Waals surface area contributed by atoms with Crippen LogP contribution in [-0.4, -0.2) is 18.6 Å². The van der Waals surface area contributed by atoms with Crippen molar-refractivity contribution in [1.82, 2.24) is 0 Å². The van der Waals surface area contributed by atoms with E-state index in [-0.39, 0.29) is 10.9 Å². The zero-order chi connectivity index (χ0) is 12.3. The predicted octanol–water partition coefficient (Wildman–Crippen LogP) is 2.99. The molecule has 1 atom stereocenters. The van der Waals surface area contributed by atoms with Crippen molar-refractivity contribution in [1.29, 1.82) is 0 Å². The predicted molar refractivity (Wildman–Crippen MR) is 63.6 cm³/mol. The van der Waals surface area contributed by atoms with Gasteiger partial charge in [-0.1, -0.05) is 11.6 Å². The normalized spacial score (nSPS) is 20.0. The second-order valence-electron chi connectivity index (χ2n) is 3.97. The Morgan fingerprint density at radius 1 is 1.47 bits per heavy atom. The summed E-state index contributed by atoms with van der Waals surface area (Å²) in [4.78, 5) is 11.8. The van der Waals surface area contributed by atoms with Crippen molar-refractivity contribution in [2.24, 2.45) is 0 Å². The van der Waals surface area contributed by atoms with Crippen LogP contribution in [0.3, 0.4) is 0 Å². The van der Waals surface area contributed by atoms with Gasteiger partial charge in [0.15, 0.2) is 0 Å². The van der Waals surface area contributed by atoms with Crippen LogP contribution < -0.4 is 5.32 Å². The molecule has 0 radical (unpaired) electrons. The van der Waals surface area contributed by atoms with Gasteiger partial charge >= 0.3 is 0 Å². The van der Waals surface area contributed by atoms with Crippen molar-refractivity contribution < 1.29 is 13.9 Å². The largest absolute Gasteiger partial charge is 0.368 e. The summed E-state index contributed by atoms with van der Waals surface area (Å²) < 4.78 is 18.3. The Bertz CT molecular complexity index is 419. The summed E-state index contributed by atoms with van der Waals surface area (Å²) in [5.74, 6) is -0.703. The van der Waals surface area contributed by atoms with E-state index in [0.29, 0.717) is 12.3 Å². The molecule has 1 heterocycles. The Balaban J connectivity index is 1.99. The highest BCUT2D eigenvalue weighted by atomic mass is 35.5. The van der Waals surface area contributed by atoms with Crippen LogP contribution in [-0.2, 0) is 9.53 Å². The Morgan fingerprint density at radius 2 is 2.29 bits per heavy atom. The molecule has 0 bridgehead atoms. The second kappa shape index (κ2) is 5.47. The van der Waals surface area contributed by atoms with Crippen molar-refractivity contribution in [3.05, 3.63) is 29.0 Å². The van der Waals surface area contributed by atoms with Crippen LogP contribution in [0, 0.1) is 5.82 Å². The summed E-state index contributed by atoms with van der Waals surface area (Å²) in [5.41, 5.74) is 0.482. The highest BCUT2D eigenvalue weighted by Crippen LogP contribution is 2.20. The summed E-state index contributed by atoms with van der Waals surface area (Å²) in [5, 5.41) is 2.66. The van der Waals surface area contributed by atoms with Crippen LogP contribution in [0.1, 0.15) is 19.3 Å². The Kier molecular flexibility index (Phi) is 3.97. The maximum absolute atomic E-state index is 12.9. The van der Waals surface area contributed by atoms with Gasteiger partial charge < -0.3 is 10.1 Å². The van der Waals surface area contributed by atoms with Crippen LogP contribution in [0.25, 0.3) is 0 Å². The van der Waals surface area contributed by atoms with Gasteiger partial charge in [0.1, 0.15) is 11.9 Å². The number of halogens is 2. The lowest BCUT2D eigenvalue weighted by molar-refractivity contribution is -0.129. The first-order valence-electron chi connectivity index (χ1n) is 5.54. The van der Waals surface area contributed by atoms with Gasteiger partial charge in [0, 0.05) is 12.3 Å². The topological polar surface area (TPSA) is 38.3 Å². The third-order valence-corrected chi connectivity index (χ3v) is 2.95. The molecule has 1 unspecified atom stereocenters. The molecule has 1 aromatic carbocycles. The average molecular weight is 258 g/mol. The Morgan fingerprint density at radius 3 is 2.94 bits per heavy atom. The average Bonchev–Trinajstić information content (AvgIpc) is 2.35. The molecular weight excluding hydrogens is 245 g/mol. The lowest BCUT2D eigenvalue weighted by Crippen LogP contribution is -2.33. The number of nitrogens with one attached hydrogen (secondary N) is 1. The molecule has 1 amide bonds. The fourth-order valence-corrected chi connectivity index (χ4v) is 1.92. The fourth-order valence-electron chi connectivity index (χ4n) is 1.74. The Labute approximate surface area is 104 Å². The van der Waals surface area contributed by atoms with Crippen molar-refractivity contribution >= 4 is 23.2 Å². The summed E-state index contributed by atoms with van der Waals surface area (Å²) >= 11 is 5.63. The van der Waals surface area contributed by atoms with Gasteiger partial charge in [-0.05, 0) is 37.5 Å². The number of carbonyl (C=O) groups is 1. The van der Waals surface area contributed by atoms with Crippen molar-refractivity contribution in [3.8, 4) is 0 Å². The maximum Gasteiger partial charge on any atom is 0.253 e. The van der Waals surface area contributed by atoms with Gasteiger partial charge in [0.2, 0.25) is 0 Å². The third kappa shape index (κ3) is 3.17. The smallest absolute Gasteiger partial charge is 0.253 e. The third-order valence-electron chi connectivity index (χ3n) is 2.66. The van der Waals surface area contributed by atoms with Gasteiger partial charge in [0.25, 0.3) is 5.91 Å². The molecule has 5 heteroatoms. The summed E-state index contributed by atoms with van der Waals surface area (Å²) in [6, 6.07) is 4.08. The fraction of sp³-hybridized carbons (Fsp3) is 0.417. The summed E-state index contributed by atoms with van der Waals surface area (Å²) in [6.45, 7) is 0.613. The number of rotatable bonds is 2. The standard InChI is InChI=1S/C12H13ClFNO2/c13-9-7-8(4-5-10(9)14)15-12(16)11-3-1-2-6-17-11/h4-5,7,11H,1-3,6H2,(H,15,16). The molecule has 1 N–H and O–H groups in total. The van der Waals surface area contributed by atoms with E-state index >= 15 is 0 Å². The van der Waals surface area contributed by atoms with Crippen LogP contribution in [0.15, 0.2) is 18.2 Å². The van der Waals surface area contributed by atoms with Crippen LogP contribution in [0.4, 0.5) is 10.1 Å². The highest BCUT2D eigenvalue weighted by Gasteiger charge is 2.21. The molecule has 0 spiro atoms. The van der Waals surface area contributed by atoms with Crippen LogP contribution in [0.5, 0.6) is 0 Å². The summed E-state index contributed by atoms with van der Waals surface area (Å²) in [6.07, 6.45) is 2.29. The van der Waals surface area contributed by atoms with E-state index in [4.69, 9.17) is 16.3 Å². The number of hydrogen-bond acceptors (Lipinski definition) is 2. The van der Waals surface area contributed by atoms with Gasteiger partial charge in [-0.15, -0.1) is 0 Å². The number of amides is 1. The molecule has 0 saturated carbocycles. The molecule has 0 aliphatic carbocycles. The van der Waals surface area contributed by atoms with E-state index in [9.17, 15) is 9.18 Å². The van der Waals surface area contributed by atoms with E-state index in [2.05, 4.69) is 5.32 Å². The molecule has 1 aliphatic rings. The van der Waals surface area contributed by atoms with Gasteiger partial charge in [-0.25, -0.2) is 4.39 Å². The lowest BCUT2D eigenvalue weighted by Gasteiger charge is -2.21. The van der Waals surface area contributed by atoms with E-state index in [1.807, 2.05) is 0 Å². The first kappa shape index (κ1) is 12.3. The molecule has 3 nitrogen and oxygen atoms in total. The monoisotopic (exact) mass is 257 g/mol. The SMILES string of the molecule is O=C(Nc1ccc(F)c(Cl)c1)C1CCCCO1. The lowest BCUT2D eigenvalue weighted by atomic mass is 10.1. The second-order valence-corrected chi connectivity index (χ2v) is 4.38. The molecule has 1 aromatic rings. The molecule has 17 heavy (non-hydrogen) atoms. The minimum atomic E-state index is -0.501.